The van der Waals surface area contributed by atoms with Crippen LogP contribution in [0.4, 0.5) is 17.1 Å². The highest BCUT2D eigenvalue weighted by Crippen LogP contribution is 2.38. The summed E-state index contributed by atoms with van der Waals surface area (Å²) in [6, 6.07) is 15.1. The lowest BCUT2D eigenvalue weighted by molar-refractivity contribution is -0.120. The molecule has 0 radical (unpaired) electrons. The predicted octanol–water partition coefficient (Wildman–Crippen LogP) is 7.46. The van der Waals surface area contributed by atoms with Gasteiger partial charge >= 0.3 is 0 Å². The number of halogens is 4. The van der Waals surface area contributed by atoms with Gasteiger partial charge in [0.15, 0.2) is 0 Å². The van der Waals surface area contributed by atoms with Crippen molar-refractivity contribution in [3.8, 4) is 0 Å². The average Bonchev–Trinajstić information content (AvgIpc) is 3.09. The smallest absolute Gasteiger partial charge is 0.283 e. The minimum Gasteiger partial charge on any atom is -0.350 e. The summed E-state index contributed by atoms with van der Waals surface area (Å²) < 4.78 is 0. The molecule has 0 aromatic heterocycles. The third-order valence-electron chi connectivity index (χ3n) is 5.91. The largest absolute Gasteiger partial charge is 0.350 e. The van der Waals surface area contributed by atoms with Crippen LogP contribution in [0.25, 0.3) is 0 Å². The van der Waals surface area contributed by atoms with Gasteiger partial charge in [0.05, 0.1) is 20.8 Å². The molecular weight excluding hydrogens is 556 g/mol. The van der Waals surface area contributed by atoms with E-state index >= 15 is 0 Å². The first-order chi connectivity index (χ1) is 17.7. The van der Waals surface area contributed by atoms with Crippen LogP contribution >= 0.6 is 46.4 Å². The Hall–Kier alpha value is -3.03. The second-order valence-corrected chi connectivity index (χ2v) is 9.77. The topological polar surface area (TPSA) is 78.5 Å². The molecule has 0 atom stereocenters. The monoisotopic (exact) mass is 575 g/mol. The summed E-state index contributed by atoms with van der Waals surface area (Å²) in [7, 11) is 0. The van der Waals surface area contributed by atoms with Crippen molar-refractivity contribution < 1.29 is 14.4 Å². The van der Waals surface area contributed by atoms with Crippen molar-refractivity contribution in [1.82, 2.24) is 0 Å². The normalized spacial score (nSPS) is 13.4. The number of hydrogen-bond donors (Lipinski definition) is 2. The predicted molar refractivity (Wildman–Crippen MR) is 150 cm³/mol. The van der Waals surface area contributed by atoms with E-state index in [1.807, 2.05) is 32.0 Å². The van der Waals surface area contributed by atoms with E-state index in [1.165, 1.54) is 12.1 Å². The van der Waals surface area contributed by atoms with Gasteiger partial charge in [0.25, 0.3) is 17.7 Å². The Bertz CT molecular complexity index is 1430. The van der Waals surface area contributed by atoms with Gasteiger partial charge in [-0.3, -0.25) is 14.4 Å². The molecule has 6 nitrogen and oxygen atoms in total. The SMILES string of the molecule is CCc1cccc(CC)c1NC(=O)c1ccc(NC2=C(Cl)C(=O)N(c3cc(Cl)c(Cl)cc3Cl)C2=O)cc1. The van der Waals surface area contributed by atoms with Crippen LogP contribution in [0.5, 0.6) is 0 Å². The fraction of sp³-hybridized carbons (Fsp3) is 0.148. The Morgan fingerprint density at radius 3 is 2.00 bits per heavy atom. The molecule has 190 valence electrons. The number of anilines is 3. The van der Waals surface area contributed by atoms with Crippen molar-refractivity contribution in [3.63, 3.8) is 0 Å². The lowest BCUT2D eigenvalue weighted by Gasteiger charge is -2.17. The van der Waals surface area contributed by atoms with E-state index < -0.39 is 11.8 Å². The molecule has 3 aromatic carbocycles. The molecule has 0 saturated carbocycles. The van der Waals surface area contributed by atoms with Crippen molar-refractivity contribution in [2.45, 2.75) is 26.7 Å². The van der Waals surface area contributed by atoms with E-state index in [2.05, 4.69) is 10.6 Å². The van der Waals surface area contributed by atoms with Crippen LogP contribution in [-0.4, -0.2) is 17.7 Å². The number of nitrogens with one attached hydrogen (secondary N) is 2. The zero-order chi connectivity index (χ0) is 26.9. The zero-order valence-corrected chi connectivity index (χ0v) is 22.8. The Morgan fingerprint density at radius 2 is 1.41 bits per heavy atom. The summed E-state index contributed by atoms with van der Waals surface area (Å²) >= 11 is 24.4. The summed E-state index contributed by atoms with van der Waals surface area (Å²) in [5.41, 5.74) is 3.76. The zero-order valence-electron chi connectivity index (χ0n) is 19.8. The van der Waals surface area contributed by atoms with Crippen molar-refractivity contribution in [2.75, 3.05) is 15.5 Å². The number of aryl methyl sites for hydroxylation is 2. The number of imide groups is 1. The Kier molecular flexibility index (Phi) is 8.14. The second-order valence-electron chi connectivity index (χ2n) is 8.17. The van der Waals surface area contributed by atoms with Crippen molar-refractivity contribution in [3.05, 3.63) is 97.1 Å². The third-order valence-corrected chi connectivity index (χ3v) is 7.29. The van der Waals surface area contributed by atoms with E-state index in [-0.39, 0.29) is 37.4 Å². The van der Waals surface area contributed by atoms with E-state index in [9.17, 15) is 14.4 Å². The highest BCUT2D eigenvalue weighted by atomic mass is 35.5. The molecule has 4 rings (SSSR count). The first kappa shape index (κ1) is 27.0. The molecule has 0 spiro atoms. The number of rotatable bonds is 7. The van der Waals surface area contributed by atoms with Gasteiger partial charge in [-0.2, -0.15) is 0 Å². The molecule has 0 unspecified atom stereocenters. The molecule has 37 heavy (non-hydrogen) atoms. The fourth-order valence-electron chi connectivity index (χ4n) is 3.95. The maximum atomic E-state index is 13.1. The summed E-state index contributed by atoms with van der Waals surface area (Å²) in [6.45, 7) is 4.08. The summed E-state index contributed by atoms with van der Waals surface area (Å²) in [4.78, 5) is 39.6. The maximum absolute atomic E-state index is 13.1. The van der Waals surface area contributed by atoms with Gasteiger partial charge < -0.3 is 10.6 Å². The number of para-hydroxylation sites is 1. The number of benzene rings is 3. The van der Waals surface area contributed by atoms with Gasteiger partial charge in [-0.1, -0.05) is 78.5 Å². The molecule has 3 amide bonds. The van der Waals surface area contributed by atoms with Gasteiger partial charge in [0.2, 0.25) is 0 Å². The van der Waals surface area contributed by atoms with Crippen LogP contribution in [0.3, 0.4) is 0 Å². The molecule has 1 aliphatic rings. The first-order valence-corrected chi connectivity index (χ1v) is 12.9. The van der Waals surface area contributed by atoms with Crippen molar-refractivity contribution >= 4 is 81.2 Å². The van der Waals surface area contributed by atoms with Gasteiger partial charge in [-0.05, 0) is 60.4 Å². The van der Waals surface area contributed by atoms with Crippen LogP contribution in [0.1, 0.15) is 35.3 Å². The van der Waals surface area contributed by atoms with Crippen LogP contribution in [0.15, 0.2) is 65.3 Å². The number of carbonyl (C=O) groups is 3. The van der Waals surface area contributed by atoms with Crippen LogP contribution in [-0.2, 0) is 22.4 Å². The molecular formula is C27H21Cl4N3O3. The fourth-order valence-corrected chi connectivity index (χ4v) is 4.79. The number of nitrogens with zero attached hydrogens (tertiary/aromatic N) is 1. The van der Waals surface area contributed by atoms with E-state index in [0.29, 0.717) is 11.3 Å². The van der Waals surface area contributed by atoms with Gasteiger partial charge in [-0.25, -0.2) is 4.90 Å². The molecule has 1 heterocycles. The van der Waals surface area contributed by atoms with Gasteiger partial charge in [-0.15, -0.1) is 0 Å². The quantitative estimate of drug-likeness (QED) is 0.226. The summed E-state index contributed by atoms with van der Waals surface area (Å²) in [6.07, 6.45) is 1.58. The van der Waals surface area contributed by atoms with Crippen molar-refractivity contribution in [1.29, 1.82) is 0 Å². The molecule has 0 fully saturated rings. The standard InChI is InChI=1S/C27H21Cl4N3O3/c1-3-14-6-5-7-15(4-2)23(14)33-25(35)16-8-10-17(11-9-16)32-24-22(31)26(36)34(27(24)37)21-13-19(29)18(28)12-20(21)30/h5-13,32H,3-4H2,1-2H3,(H,33,35). The lowest BCUT2D eigenvalue weighted by atomic mass is 10.0. The minimum atomic E-state index is -0.758. The van der Waals surface area contributed by atoms with E-state index in [4.69, 9.17) is 46.4 Å². The molecule has 2 N–H and O–H groups in total. The number of amides is 3. The molecule has 0 aliphatic carbocycles. The molecule has 3 aromatic rings. The minimum absolute atomic E-state index is 0.0619. The Balaban J connectivity index is 1.53. The highest BCUT2D eigenvalue weighted by Gasteiger charge is 2.40. The molecule has 1 aliphatic heterocycles. The molecule has 10 heteroatoms. The average molecular weight is 577 g/mol. The molecule has 0 bridgehead atoms. The van der Waals surface area contributed by atoms with Crippen LogP contribution in [0.2, 0.25) is 15.1 Å². The van der Waals surface area contributed by atoms with Crippen molar-refractivity contribution in [2.24, 2.45) is 0 Å². The second kappa shape index (κ2) is 11.2. The highest BCUT2D eigenvalue weighted by molar-refractivity contribution is 6.54. The lowest BCUT2D eigenvalue weighted by Crippen LogP contribution is -2.32. The van der Waals surface area contributed by atoms with Gasteiger partial charge in [0, 0.05) is 16.9 Å². The van der Waals surface area contributed by atoms with E-state index in [1.54, 1.807) is 24.3 Å². The summed E-state index contributed by atoms with van der Waals surface area (Å²) in [5.74, 6) is -1.72. The van der Waals surface area contributed by atoms with Crippen LogP contribution < -0.4 is 15.5 Å². The molecule has 0 saturated heterocycles. The first-order valence-electron chi connectivity index (χ1n) is 11.4. The Labute approximate surface area is 234 Å². The van der Waals surface area contributed by atoms with Crippen LogP contribution in [0, 0.1) is 0 Å². The number of carbonyl (C=O) groups excluding carboxylic acids is 3. The van der Waals surface area contributed by atoms with Gasteiger partial charge in [0.1, 0.15) is 10.7 Å². The maximum Gasteiger partial charge on any atom is 0.283 e. The number of hydrogen-bond acceptors (Lipinski definition) is 4. The van der Waals surface area contributed by atoms with E-state index in [0.717, 1.165) is 34.6 Å². The third kappa shape index (κ3) is 5.34. The summed E-state index contributed by atoms with van der Waals surface area (Å²) in [5, 5.41) is 5.95. The Morgan fingerprint density at radius 1 is 0.811 bits per heavy atom.